The van der Waals surface area contributed by atoms with Crippen molar-refractivity contribution in [1.29, 1.82) is 0 Å². The van der Waals surface area contributed by atoms with Crippen molar-refractivity contribution >= 4 is 11.8 Å². The minimum atomic E-state index is -0.248. The Morgan fingerprint density at radius 1 is 1.08 bits per heavy atom. The molecule has 6 heteroatoms. The summed E-state index contributed by atoms with van der Waals surface area (Å²) in [7, 11) is 0. The number of carbonyl (C=O) groups is 2. The summed E-state index contributed by atoms with van der Waals surface area (Å²) in [5.74, 6) is 0.311. The van der Waals surface area contributed by atoms with E-state index in [0.29, 0.717) is 25.4 Å². The van der Waals surface area contributed by atoms with Gasteiger partial charge in [-0.25, -0.2) is 4.39 Å². The van der Waals surface area contributed by atoms with Crippen LogP contribution in [0.3, 0.4) is 0 Å². The van der Waals surface area contributed by atoms with Gasteiger partial charge in [-0.3, -0.25) is 14.5 Å². The number of nitrogens with zero attached hydrogens (tertiary/aromatic N) is 2. The average molecular weight is 333 g/mol. The van der Waals surface area contributed by atoms with Crippen LogP contribution in [0.25, 0.3) is 0 Å². The number of hydrogen-bond acceptors (Lipinski definition) is 3. The molecule has 1 aromatic rings. The van der Waals surface area contributed by atoms with Gasteiger partial charge in [0.15, 0.2) is 0 Å². The first-order valence-corrected chi connectivity index (χ1v) is 8.64. The van der Waals surface area contributed by atoms with Crippen LogP contribution >= 0.6 is 0 Å². The summed E-state index contributed by atoms with van der Waals surface area (Å²) in [4.78, 5) is 28.0. The van der Waals surface area contributed by atoms with Crippen LogP contribution in [-0.2, 0) is 16.0 Å². The molecule has 0 radical (unpaired) electrons. The van der Waals surface area contributed by atoms with Crippen molar-refractivity contribution in [2.45, 2.75) is 19.3 Å². The lowest BCUT2D eigenvalue weighted by molar-refractivity contribution is -0.134. The van der Waals surface area contributed by atoms with Crippen molar-refractivity contribution in [1.82, 2.24) is 15.1 Å². The Morgan fingerprint density at radius 3 is 2.38 bits per heavy atom. The normalized spacial score (nSPS) is 18.5. The van der Waals surface area contributed by atoms with Crippen LogP contribution in [0, 0.1) is 11.7 Å². The molecule has 5 nitrogen and oxygen atoms in total. The van der Waals surface area contributed by atoms with E-state index in [0.717, 1.165) is 44.6 Å². The van der Waals surface area contributed by atoms with Crippen molar-refractivity contribution in [3.05, 3.63) is 35.6 Å². The van der Waals surface area contributed by atoms with Crippen LogP contribution < -0.4 is 5.32 Å². The maximum Gasteiger partial charge on any atom is 0.234 e. The highest BCUT2D eigenvalue weighted by Crippen LogP contribution is 2.31. The summed E-state index contributed by atoms with van der Waals surface area (Å²) in [6.45, 7) is 3.86. The molecule has 2 aliphatic rings. The highest BCUT2D eigenvalue weighted by molar-refractivity contribution is 5.81. The predicted molar refractivity (Wildman–Crippen MR) is 88.9 cm³/mol. The fourth-order valence-corrected chi connectivity index (χ4v) is 2.97. The molecule has 0 unspecified atom stereocenters. The lowest BCUT2D eigenvalue weighted by Gasteiger charge is -2.34. The molecule has 1 aliphatic heterocycles. The number of hydrogen-bond donors (Lipinski definition) is 1. The van der Waals surface area contributed by atoms with Crippen LogP contribution in [0.15, 0.2) is 24.3 Å². The minimum Gasteiger partial charge on any atom is -0.355 e. The van der Waals surface area contributed by atoms with Gasteiger partial charge < -0.3 is 10.2 Å². The van der Waals surface area contributed by atoms with Gasteiger partial charge in [0.1, 0.15) is 5.82 Å². The van der Waals surface area contributed by atoms with Gasteiger partial charge in [0.2, 0.25) is 11.8 Å². The Balaban J connectivity index is 1.32. The highest BCUT2D eigenvalue weighted by atomic mass is 19.1. The van der Waals surface area contributed by atoms with Crippen LogP contribution in [0.2, 0.25) is 0 Å². The zero-order valence-electron chi connectivity index (χ0n) is 13.8. The summed E-state index contributed by atoms with van der Waals surface area (Å²) >= 11 is 0. The zero-order valence-corrected chi connectivity index (χ0v) is 13.8. The number of nitrogens with one attached hydrogen (secondary N) is 1. The van der Waals surface area contributed by atoms with Crippen LogP contribution in [0.4, 0.5) is 4.39 Å². The molecular formula is C18H24FN3O2. The summed E-state index contributed by atoms with van der Waals surface area (Å²) in [6.07, 6.45) is 2.76. The second kappa shape index (κ2) is 7.75. The monoisotopic (exact) mass is 333 g/mol. The molecule has 2 amide bonds. The second-order valence-electron chi connectivity index (χ2n) is 6.60. The topological polar surface area (TPSA) is 52.7 Å². The van der Waals surface area contributed by atoms with Gasteiger partial charge in [0.25, 0.3) is 0 Å². The Kier molecular flexibility index (Phi) is 5.45. The first-order chi connectivity index (χ1) is 11.6. The van der Waals surface area contributed by atoms with E-state index in [2.05, 4.69) is 10.2 Å². The van der Waals surface area contributed by atoms with Crippen molar-refractivity contribution < 1.29 is 14.0 Å². The second-order valence-corrected chi connectivity index (χ2v) is 6.60. The van der Waals surface area contributed by atoms with E-state index < -0.39 is 0 Å². The Bertz CT molecular complexity index is 578. The molecule has 1 saturated carbocycles. The van der Waals surface area contributed by atoms with E-state index >= 15 is 0 Å². The Hall–Kier alpha value is -1.95. The summed E-state index contributed by atoms with van der Waals surface area (Å²) in [5, 5.41) is 2.90. The van der Waals surface area contributed by atoms with Crippen molar-refractivity contribution in [3.8, 4) is 0 Å². The van der Waals surface area contributed by atoms with Crippen molar-refractivity contribution in [3.63, 3.8) is 0 Å². The first kappa shape index (κ1) is 16.9. The van der Waals surface area contributed by atoms with Gasteiger partial charge in [-0.15, -0.1) is 0 Å². The highest BCUT2D eigenvalue weighted by Gasteiger charge is 2.34. The largest absolute Gasteiger partial charge is 0.355 e. The van der Waals surface area contributed by atoms with E-state index in [9.17, 15) is 14.0 Å². The first-order valence-electron chi connectivity index (χ1n) is 8.64. The summed E-state index contributed by atoms with van der Waals surface area (Å²) in [6, 6.07) is 6.33. The van der Waals surface area contributed by atoms with Crippen LogP contribution in [-0.4, -0.2) is 60.9 Å². The molecule has 0 spiro atoms. The molecular weight excluding hydrogens is 309 g/mol. The molecule has 0 aromatic heterocycles. The maximum absolute atomic E-state index is 12.8. The standard InChI is InChI=1S/C18H24FN3O2/c19-16-5-1-14(2-6-16)7-8-20-17(23)13-21-9-11-22(12-10-21)18(24)15-3-4-15/h1-2,5-6,15H,3-4,7-13H2,(H,20,23). The van der Waals surface area contributed by atoms with Gasteiger partial charge in [-0.05, 0) is 37.0 Å². The molecule has 0 bridgehead atoms. The zero-order chi connectivity index (χ0) is 16.9. The SMILES string of the molecule is O=C(CN1CCN(C(=O)C2CC2)CC1)NCCc1ccc(F)cc1. The van der Waals surface area contributed by atoms with Crippen molar-refractivity contribution in [2.24, 2.45) is 5.92 Å². The molecule has 130 valence electrons. The molecule has 2 fully saturated rings. The Labute approximate surface area is 141 Å². The fraction of sp³-hybridized carbons (Fsp3) is 0.556. The maximum atomic E-state index is 12.8. The van der Waals surface area contributed by atoms with Gasteiger partial charge in [-0.2, -0.15) is 0 Å². The Morgan fingerprint density at radius 2 is 1.75 bits per heavy atom. The lowest BCUT2D eigenvalue weighted by atomic mass is 10.1. The minimum absolute atomic E-state index is 0.000851. The molecule has 1 heterocycles. The van der Waals surface area contributed by atoms with Gasteiger partial charge in [0, 0.05) is 38.6 Å². The molecule has 3 rings (SSSR count). The number of piperazine rings is 1. The molecule has 1 N–H and O–H groups in total. The number of rotatable bonds is 6. The third-order valence-corrected chi connectivity index (χ3v) is 4.63. The number of benzene rings is 1. The molecule has 0 atom stereocenters. The number of halogens is 1. The average Bonchev–Trinajstić information content (AvgIpc) is 3.42. The van der Waals surface area contributed by atoms with E-state index in [1.54, 1.807) is 12.1 Å². The van der Waals surface area contributed by atoms with Crippen LogP contribution in [0.5, 0.6) is 0 Å². The third kappa shape index (κ3) is 4.77. The van der Waals surface area contributed by atoms with E-state index in [-0.39, 0.29) is 17.6 Å². The smallest absolute Gasteiger partial charge is 0.234 e. The number of amides is 2. The number of carbonyl (C=O) groups excluding carboxylic acids is 2. The molecule has 1 aromatic carbocycles. The molecule has 24 heavy (non-hydrogen) atoms. The van der Waals surface area contributed by atoms with Crippen molar-refractivity contribution in [2.75, 3.05) is 39.3 Å². The summed E-state index contributed by atoms with van der Waals surface area (Å²) < 4.78 is 12.8. The van der Waals surface area contributed by atoms with Gasteiger partial charge in [-0.1, -0.05) is 12.1 Å². The molecule has 1 saturated heterocycles. The van der Waals surface area contributed by atoms with Gasteiger partial charge >= 0.3 is 0 Å². The summed E-state index contributed by atoms with van der Waals surface area (Å²) in [5.41, 5.74) is 1.00. The lowest BCUT2D eigenvalue weighted by Crippen LogP contribution is -2.51. The van der Waals surface area contributed by atoms with Crippen LogP contribution in [0.1, 0.15) is 18.4 Å². The third-order valence-electron chi connectivity index (χ3n) is 4.63. The van der Waals surface area contributed by atoms with E-state index in [1.807, 2.05) is 4.90 Å². The molecule has 1 aliphatic carbocycles. The van der Waals surface area contributed by atoms with Gasteiger partial charge in [0.05, 0.1) is 6.54 Å². The van der Waals surface area contributed by atoms with E-state index in [1.165, 1.54) is 12.1 Å². The quantitative estimate of drug-likeness (QED) is 0.846. The predicted octanol–water partition coefficient (Wildman–Crippen LogP) is 1.04. The fourth-order valence-electron chi connectivity index (χ4n) is 2.97. The van der Waals surface area contributed by atoms with E-state index in [4.69, 9.17) is 0 Å².